The Labute approximate surface area is 169 Å². The molecule has 0 spiro atoms. The van der Waals surface area contributed by atoms with E-state index >= 15 is 0 Å². The Morgan fingerprint density at radius 3 is 2.44 bits per heavy atom. The van der Waals surface area contributed by atoms with Crippen LogP contribution in [0.1, 0.15) is 0 Å². The number of rotatable bonds is 2. The van der Waals surface area contributed by atoms with Crippen LogP contribution in [-0.2, 0) is 0 Å². The molecule has 130 valence electrons. The smallest absolute Gasteiger partial charge is 0.119 e. The highest BCUT2D eigenvalue weighted by atomic mass is 79.9. The van der Waals surface area contributed by atoms with Crippen molar-refractivity contribution in [2.45, 2.75) is 0 Å². The zero-order valence-electron chi connectivity index (χ0n) is 14.1. The molecule has 5 heteroatoms. The maximum absolute atomic E-state index is 6.27. The summed E-state index contributed by atoms with van der Waals surface area (Å²) in [5.41, 5.74) is 3.61. The molecule has 0 atom stereocenters. The van der Waals surface area contributed by atoms with E-state index in [9.17, 15) is 0 Å². The predicted molar refractivity (Wildman–Crippen MR) is 115 cm³/mol. The SMILES string of the molecule is Clc1ccc2c(-c3cc4ccccc4cn3)nn(-c3ccc(Br)cc3)c2c1. The molecule has 0 amide bonds. The zero-order valence-corrected chi connectivity index (χ0v) is 16.4. The van der Waals surface area contributed by atoms with Crippen LogP contribution in [0.25, 0.3) is 38.8 Å². The minimum atomic E-state index is 0.679. The highest BCUT2D eigenvalue weighted by Crippen LogP contribution is 2.32. The van der Waals surface area contributed by atoms with Crippen molar-refractivity contribution in [2.24, 2.45) is 0 Å². The van der Waals surface area contributed by atoms with Gasteiger partial charge >= 0.3 is 0 Å². The normalized spacial score (nSPS) is 11.3. The molecule has 3 nitrogen and oxygen atoms in total. The molecule has 0 unspecified atom stereocenters. The summed E-state index contributed by atoms with van der Waals surface area (Å²) >= 11 is 9.76. The van der Waals surface area contributed by atoms with E-state index in [-0.39, 0.29) is 0 Å². The van der Waals surface area contributed by atoms with Crippen molar-refractivity contribution < 1.29 is 0 Å². The Hall–Kier alpha value is -2.69. The third-order valence-electron chi connectivity index (χ3n) is 4.59. The van der Waals surface area contributed by atoms with Gasteiger partial charge in [0, 0.05) is 26.5 Å². The molecule has 0 bridgehead atoms. The molecule has 2 aromatic heterocycles. The molecule has 0 saturated heterocycles. The number of nitrogens with zero attached hydrogens (tertiary/aromatic N) is 3. The second-order valence-corrected chi connectivity index (χ2v) is 7.67. The minimum Gasteiger partial charge on any atom is -0.254 e. The average Bonchev–Trinajstić information content (AvgIpc) is 3.07. The van der Waals surface area contributed by atoms with Crippen molar-refractivity contribution in [3.63, 3.8) is 0 Å². The number of hydrogen-bond donors (Lipinski definition) is 0. The van der Waals surface area contributed by atoms with E-state index in [1.54, 1.807) is 0 Å². The topological polar surface area (TPSA) is 30.7 Å². The van der Waals surface area contributed by atoms with E-state index in [2.05, 4.69) is 39.1 Å². The van der Waals surface area contributed by atoms with Crippen LogP contribution in [0.2, 0.25) is 5.02 Å². The molecule has 0 aliphatic rings. The fourth-order valence-corrected chi connectivity index (χ4v) is 3.70. The summed E-state index contributed by atoms with van der Waals surface area (Å²) in [7, 11) is 0. The highest BCUT2D eigenvalue weighted by Gasteiger charge is 2.15. The summed E-state index contributed by atoms with van der Waals surface area (Å²) < 4.78 is 2.94. The molecule has 5 aromatic rings. The Kier molecular flexibility index (Phi) is 3.96. The quantitative estimate of drug-likeness (QED) is 0.311. The molecule has 5 rings (SSSR count). The number of hydrogen-bond acceptors (Lipinski definition) is 2. The summed E-state index contributed by atoms with van der Waals surface area (Å²) in [5, 5.41) is 8.84. The summed E-state index contributed by atoms with van der Waals surface area (Å²) in [5.74, 6) is 0. The van der Waals surface area contributed by atoms with E-state index < -0.39 is 0 Å². The number of pyridine rings is 1. The molecule has 2 heterocycles. The van der Waals surface area contributed by atoms with Gasteiger partial charge in [-0.3, -0.25) is 4.98 Å². The van der Waals surface area contributed by atoms with E-state index in [0.717, 1.165) is 43.2 Å². The van der Waals surface area contributed by atoms with E-state index in [4.69, 9.17) is 16.7 Å². The van der Waals surface area contributed by atoms with Gasteiger partial charge in [-0.15, -0.1) is 0 Å². The van der Waals surface area contributed by atoms with E-state index in [1.807, 2.05) is 65.5 Å². The number of halogens is 2. The first kappa shape index (κ1) is 16.5. The average molecular weight is 435 g/mol. The fraction of sp³-hybridized carbons (Fsp3) is 0. The van der Waals surface area contributed by atoms with Gasteiger partial charge in [0.25, 0.3) is 0 Å². The highest BCUT2D eigenvalue weighted by molar-refractivity contribution is 9.10. The first-order chi connectivity index (χ1) is 13.2. The first-order valence-corrected chi connectivity index (χ1v) is 9.65. The van der Waals surface area contributed by atoms with Gasteiger partial charge in [-0.1, -0.05) is 51.8 Å². The summed E-state index contributed by atoms with van der Waals surface area (Å²) in [6.07, 6.45) is 1.89. The molecule has 27 heavy (non-hydrogen) atoms. The van der Waals surface area contributed by atoms with Crippen molar-refractivity contribution in [3.8, 4) is 17.1 Å². The van der Waals surface area contributed by atoms with Gasteiger partial charge in [-0.05, 0) is 53.9 Å². The van der Waals surface area contributed by atoms with Gasteiger partial charge < -0.3 is 0 Å². The Bertz CT molecular complexity index is 1290. The van der Waals surface area contributed by atoms with Crippen LogP contribution < -0.4 is 0 Å². The molecule has 0 saturated carbocycles. The number of benzene rings is 3. The second-order valence-electron chi connectivity index (χ2n) is 6.31. The fourth-order valence-electron chi connectivity index (χ4n) is 3.27. The van der Waals surface area contributed by atoms with Crippen LogP contribution in [0.15, 0.2) is 83.5 Å². The van der Waals surface area contributed by atoms with Crippen LogP contribution in [0.4, 0.5) is 0 Å². The van der Waals surface area contributed by atoms with E-state index in [1.165, 1.54) is 0 Å². The van der Waals surface area contributed by atoms with Gasteiger partial charge in [-0.25, -0.2) is 4.68 Å². The van der Waals surface area contributed by atoms with Crippen molar-refractivity contribution in [1.82, 2.24) is 14.8 Å². The lowest BCUT2D eigenvalue weighted by atomic mass is 10.1. The van der Waals surface area contributed by atoms with Crippen LogP contribution in [0.5, 0.6) is 0 Å². The lowest BCUT2D eigenvalue weighted by Gasteiger charge is -2.03. The molecule has 0 aliphatic carbocycles. The number of aromatic nitrogens is 3. The zero-order chi connectivity index (χ0) is 18.4. The minimum absolute atomic E-state index is 0.679. The molecule has 3 aromatic carbocycles. The van der Waals surface area contributed by atoms with Crippen molar-refractivity contribution >= 4 is 49.2 Å². The lowest BCUT2D eigenvalue weighted by Crippen LogP contribution is -1.96. The molecule has 0 radical (unpaired) electrons. The third kappa shape index (κ3) is 2.91. The standard InChI is InChI=1S/C22H13BrClN3/c23-16-5-8-18(9-6-16)27-21-12-17(24)7-10-19(21)22(26-27)20-11-14-3-1-2-4-15(14)13-25-20/h1-13H. The van der Waals surface area contributed by atoms with Gasteiger partial charge in [0.05, 0.1) is 16.9 Å². The van der Waals surface area contributed by atoms with Crippen molar-refractivity contribution in [1.29, 1.82) is 0 Å². The van der Waals surface area contributed by atoms with Gasteiger partial charge in [-0.2, -0.15) is 5.10 Å². The predicted octanol–water partition coefficient (Wildman–Crippen LogP) is 6.66. The second kappa shape index (κ2) is 6.48. The Morgan fingerprint density at radius 2 is 1.63 bits per heavy atom. The van der Waals surface area contributed by atoms with Crippen LogP contribution in [0, 0.1) is 0 Å². The van der Waals surface area contributed by atoms with Gasteiger partial charge in [0.15, 0.2) is 0 Å². The molecular weight excluding hydrogens is 422 g/mol. The van der Waals surface area contributed by atoms with Crippen LogP contribution >= 0.6 is 27.5 Å². The first-order valence-electron chi connectivity index (χ1n) is 8.48. The largest absolute Gasteiger partial charge is 0.254 e. The van der Waals surface area contributed by atoms with Gasteiger partial charge in [0.2, 0.25) is 0 Å². The monoisotopic (exact) mass is 433 g/mol. The van der Waals surface area contributed by atoms with Crippen molar-refractivity contribution in [3.05, 3.63) is 88.5 Å². The van der Waals surface area contributed by atoms with Crippen LogP contribution in [0.3, 0.4) is 0 Å². The molecular formula is C22H13BrClN3. The molecule has 0 N–H and O–H groups in total. The lowest BCUT2D eigenvalue weighted by molar-refractivity contribution is 0.912. The van der Waals surface area contributed by atoms with E-state index in [0.29, 0.717) is 5.02 Å². The Balaban J connectivity index is 1.78. The number of fused-ring (bicyclic) bond motifs is 2. The van der Waals surface area contributed by atoms with Gasteiger partial charge in [0.1, 0.15) is 5.69 Å². The maximum Gasteiger partial charge on any atom is 0.119 e. The third-order valence-corrected chi connectivity index (χ3v) is 5.35. The summed E-state index contributed by atoms with van der Waals surface area (Å²) in [4.78, 5) is 4.65. The molecule has 0 fully saturated rings. The van der Waals surface area contributed by atoms with Crippen LogP contribution in [-0.4, -0.2) is 14.8 Å². The Morgan fingerprint density at radius 1 is 0.852 bits per heavy atom. The summed E-state index contributed by atoms with van der Waals surface area (Å²) in [6, 6.07) is 24.2. The maximum atomic E-state index is 6.27. The summed E-state index contributed by atoms with van der Waals surface area (Å²) in [6.45, 7) is 0. The molecule has 0 aliphatic heterocycles. The van der Waals surface area contributed by atoms with Crippen molar-refractivity contribution in [2.75, 3.05) is 0 Å².